The van der Waals surface area contributed by atoms with Crippen LogP contribution in [0.3, 0.4) is 0 Å². The zero-order valence-electron chi connectivity index (χ0n) is 17.0. The Morgan fingerprint density at radius 3 is 2.34 bits per heavy atom. The summed E-state index contributed by atoms with van der Waals surface area (Å²) in [6.45, 7) is 8.18. The van der Waals surface area contributed by atoms with Gasteiger partial charge in [-0.3, -0.25) is 4.79 Å². The van der Waals surface area contributed by atoms with E-state index in [4.69, 9.17) is 14.0 Å². The monoisotopic (exact) mass is 402 g/mol. The van der Waals surface area contributed by atoms with Crippen LogP contribution in [0.25, 0.3) is 0 Å². The predicted octanol–water partition coefficient (Wildman–Crippen LogP) is 2.51. The van der Waals surface area contributed by atoms with Crippen molar-refractivity contribution in [2.45, 2.75) is 27.4 Å². The van der Waals surface area contributed by atoms with Crippen molar-refractivity contribution in [3.8, 4) is 5.75 Å². The van der Waals surface area contributed by atoms with Gasteiger partial charge in [-0.1, -0.05) is 19.0 Å². The van der Waals surface area contributed by atoms with Crippen molar-refractivity contribution in [1.82, 2.24) is 19.9 Å². The highest BCUT2D eigenvalue weighted by Crippen LogP contribution is 2.16. The van der Waals surface area contributed by atoms with Crippen molar-refractivity contribution in [2.75, 3.05) is 32.8 Å². The van der Waals surface area contributed by atoms with Gasteiger partial charge in [0.15, 0.2) is 6.61 Å². The molecule has 0 N–H and O–H groups in total. The predicted molar refractivity (Wildman–Crippen MR) is 103 cm³/mol. The highest BCUT2D eigenvalue weighted by atomic mass is 16.6. The minimum atomic E-state index is -0.316. The number of aromatic nitrogens is 2. The van der Waals surface area contributed by atoms with Crippen LogP contribution in [0.2, 0.25) is 0 Å². The van der Waals surface area contributed by atoms with Gasteiger partial charge in [0.2, 0.25) is 11.7 Å². The van der Waals surface area contributed by atoms with Crippen molar-refractivity contribution in [2.24, 2.45) is 5.92 Å². The molecule has 156 valence electrons. The van der Waals surface area contributed by atoms with Crippen LogP contribution in [0.15, 0.2) is 28.8 Å². The summed E-state index contributed by atoms with van der Waals surface area (Å²) in [7, 11) is 0. The Labute approximate surface area is 169 Å². The fraction of sp³-hybridized carbons (Fsp3) is 0.500. The number of aryl methyl sites for hydroxylation is 1. The van der Waals surface area contributed by atoms with Gasteiger partial charge in [-0.15, -0.1) is 0 Å². The first-order valence-electron chi connectivity index (χ1n) is 9.65. The summed E-state index contributed by atoms with van der Waals surface area (Å²) in [5.74, 6) is 1.79. The second-order valence-corrected chi connectivity index (χ2v) is 7.29. The molecule has 0 saturated carbocycles. The lowest BCUT2D eigenvalue weighted by Gasteiger charge is -2.34. The number of amides is 2. The fourth-order valence-electron chi connectivity index (χ4n) is 2.85. The van der Waals surface area contributed by atoms with Crippen LogP contribution in [0.5, 0.6) is 5.75 Å². The van der Waals surface area contributed by atoms with E-state index in [1.54, 1.807) is 41.0 Å². The largest absolute Gasteiger partial charge is 0.485 e. The number of nitrogens with zero attached hydrogens (tertiary/aromatic N) is 4. The van der Waals surface area contributed by atoms with Crippen molar-refractivity contribution < 1.29 is 23.6 Å². The summed E-state index contributed by atoms with van der Waals surface area (Å²) >= 11 is 0. The average molecular weight is 402 g/mol. The fourth-order valence-corrected chi connectivity index (χ4v) is 2.85. The van der Waals surface area contributed by atoms with Gasteiger partial charge in [0.25, 0.3) is 5.91 Å². The smallest absolute Gasteiger partial charge is 0.409 e. The van der Waals surface area contributed by atoms with Crippen molar-refractivity contribution in [3.63, 3.8) is 0 Å². The average Bonchev–Trinajstić information content (AvgIpc) is 3.15. The van der Waals surface area contributed by atoms with Gasteiger partial charge < -0.3 is 23.8 Å². The molecular formula is C20H26N4O5. The zero-order valence-corrected chi connectivity index (χ0v) is 17.0. The molecule has 0 atom stereocenters. The number of piperazine rings is 1. The summed E-state index contributed by atoms with van der Waals surface area (Å²) < 4.78 is 15.7. The van der Waals surface area contributed by atoms with E-state index in [-0.39, 0.29) is 18.6 Å². The topological polar surface area (TPSA) is 98.0 Å². The quantitative estimate of drug-likeness (QED) is 0.732. The summed E-state index contributed by atoms with van der Waals surface area (Å²) in [6.07, 6.45) is -0.316. The summed E-state index contributed by atoms with van der Waals surface area (Å²) in [6, 6.07) is 6.92. The molecule has 3 rings (SSSR count). The summed E-state index contributed by atoms with van der Waals surface area (Å²) in [4.78, 5) is 32.2. The molecule has 0 bridgehead atoms. The van der Waals surface area contributed by atoms with E-state index in [1.807, 2.05) is 13.8 Å². The molecule has 1 aliphatic rings. The highest BCUT2D eigenvalue weighted by molar-refractivity contribution is 5.94. The molecule has 2 aromatic rings. The van der Waals surface area contributed by atoms with Gasteiger partial charge in [-0.05, 0) is 30.2 Å². The minimum Gasteiger partial charge on any atom is -0.485 e. The number of benzene rings is 1. The van der Waals surface area contributed by atoms with Gasteiger partial charge in [0.1, 0.15) is 5.75 Å². The summed E-state index contributed by atoms with van der Waals surface area (Å²) in [5.41, 5.74) is 0.573. The van der Waals surface area contributed by atoms with Crippen LogP contribution < -0.4 is 4.74 Å². The molecule has 1 aromatic carbocycles. The molecule has 0 radical (unpaired) electrons. The highest BCUT2D eigenvalue weighted by Gasteiger charge is 2.25. The van der Waals surface area contributed by atoms with Crippen molar-refractivity contribution in [3.05, 3.63) is 41.5 Å². The second kappa shape index (κ2) is 9.40. The Bertz CT molecular complexity index is 826. The van der Waals surface area contributed by atoms with Gasteiger partial charge >= 0.3 is 6.09 Å². The molecule has 0 unspecified atom stereocenters. The number of carbonyl (C=O) groups is 2. The molecule has 2 amide bonds. The molecule has 1 saturated heterocycles. The lowest BCUT2D eigenvalue weighted by Crippen LogP contribution is -2.50. The normalized spacial score (nSPS) is 14.2. The van der Waals surface area contributed by atoms with E-state index in [0.29, 0.717) is 61.7 Å². The molecular weight excluding hydrogens is 376 g/mol. The van der Waals surface area contributed by atoms with Crippen LogP contribution >= 0.6 is 0 Å². The minimum absolute atomic E-state index is 0.0689. The third-order valence-corrected chi connectivity index (χ3v) is 4.40. The zero-order chi connectivity index (χ0) is 20.8. The Kier molecular flexibility index (Phi) is 6.69. The van der Waals surface area contributed by atoms with Crippen LogP contribution in [0, 0.1) is 12.8 Å². The van der Waals surface area contributed by atoms with Crippen LogP contribution in [-0.2, 0) is 11.3 Å². The van der Waals surface area contributed by atoms with E-state index in [1.165, 1.54) is 0 Å². The maximum atomic E-state index is 12.7. The van der Waals surface area contributed by atoms with Crippen LogP contribution in [0.1, 0.15) is 35.9 Å². The van der Waals surface area contributed by atoms with Crippen molar-refractivity contribution >= 4 is 12.0 Å². The molecule has 1 aromatic heterocycles. The third kappa shape index (κ3) is 5.69. The Hall–Kier alpha value is -3.10. The first-order chi connectivity index (χ1) is 13.9. The lowest BCUT2D eigenvalue weighted by molar-refractivity contribution is 0.0535. The maximum Gasteiger partial charge on any atom is 0.409 e. The SMILES string of the molecule is Cc1nc(COc2ccc(C(=O)N3CCN(C(=O)OCC(C)C)CC3)cc2)no1. The molecule has 9 heteroatoms. The Morgan fingerprint density at radius 1 is 1.10 bits per heavy atom. The molecule has 29 heavy (non-hydrogen) atoms. The third-order valence-electron chi connectivity index (χ3n) is 4.40. The number of carbonyl (C=O) groups excluding carboxylic acids is 2. The van der Waals surface area contributed by atoms with Gasteiger partial charge in [-0.25, -0.2) is 4.79 Å². The number of hydrogen-bond acceptors (Lipinski definition) is 7. The molecule has 1 aliphatic heterocycles. The van der Waals surface area contributed by atoms with Crippen LogP contribution in [0.4, 0.5) is 4.79 Å². The number of ether oxygens (including phenoxy) is 2. The lowest BCUT2D eigenvalue weighted by atomic mass is 10.1. The van der Waals surface area contributed by atoms with E-state index >= 15 is 0 Å². The van der Waals surface area contributed by atoms with Gasteiger partial charge in [0, 0.05) is 38.7 Å². The molecule has 9 nitrogen and oxygen atoms in total. The molecule has 0 spiro atoms. The second-order valence-electron chi connectivity index (χ2n) is 7.29. The first-order valence-corrected chi connectivity index (χ1v) is 9.65. The van der Waals surface area contributed by atoms with Gasteiger partial charge in [-0.2, -0.15) is 4.98 Å². The molecule has 1 fully saturated rings. The van der Waals surface area contributed by atoms with E-state index in [2.05, 4.69) is 10.1 Å². The number of rotatable bonds is 6. The molecule has 0 aliphatic carbocycles. The Balaban J connectivity index is 1.47. The van der Waals surface area contributed by atoms with Gasteiger partial charge in [0.05, 0.1) is 6.61 Å². The molecule has 2 heterocycles. The van der Waals surface area contributed by atoms with E-state index in [9.17, 15) is 9.59 Å². The van der Waals surface area contributed by atoms with Crippen LogP contribution in [-0.4, -0.2) is 64.7 Å². The van der Waals surface area contributed by atoms with Crippen molar-refractivity contribution in [1.29, 1.82) is 0 Å². The van der Waals surface area contributed by atoms with E-state index < -0.39 is 0 Å². The maximum absolute atomic E-state index is 12.7. The summed E-state index contributed by atoms with van der Waals surface area (Å²) in [5, 5.41) is 3.77. The first kappa shape index (κ1) is 20.6. The number of hydrogen-bond donors (Lipinski definition) is 0. The van der Waals surface area contributed by atoms with E-state index in [0.717, 1.165) is 0 Å². The Morgan fingerprint density at radius 2 is 1.76 bits per heavy atom. The standard InChI is InChI=1S/C20H26N4O5/c1-14(2)12-28-20(26)24-10-8-23(9-11-24)19(25)16-4-6-17(7-5-16)27-13-18-21-15(3)29-22-18/h4-7,14H,8-13H2,1-3H3.